The highest BCUT2D eigenvalue weighted by Gasteiger charge is 2.17. The van der Waals surface area contributed by atoms with Gasteiger partial charge in [0, 0.05) is 18.3 Å². The number of nitrogens with zero attached hydrogens (tertiary/aromatic N) is 1. The molecule has 0 fully saturated rings. The van der Waals surface area contributed by atoms with E-state index in [0.717, 1.165) is 11.3 Å². The molecule has 100 valence electrons. The maximum Gasteiger partial charge on any atom is 0.147 e. The Kier molecular flexibility index (Phi) is 3.86. The van der Waals surface area contributed by atoms with Crippen LogP contribution in [0.1, 0.15) is 24.2 Å². The fourth-order valence-electron chi connectivity index (χ4n) is 2.19. The van der Waals surface area contributed by atoms with Crippen LogP contribution in [-0.4, -0.2) is 12.2 Å². The van der Waals surface area contributed by atoms with Crippen molar-refractivity contribution in [2.75, 3.05) is 11.9 Å². The first kappa shape index (κ1) is 13.6. The minimum atomic E-state index is -0.710. The number of anilines is 2. The number of benzene rings is 2. The van der Waals surface area contributed by atoms with Crippen molar-refractivity contribution in [2.24, 2.45) is 0 Å². The number of halogens is 1. The lowest BCUT2D eigenvalue weighted by Gasteiger charge is -2.24. The third-order valence-corrected chi connectivity index (χ3v) is 3.19. The summed E-state index contributed by atoms with van der Waals surface area (Å²) >= 11 is 0. The van der Waals surface area contributed by atoms with E-state index >= 15 is 0 Å². The zero-order valence-electron chi connectivity index (χ0n) is 11.4. The molecule has 0 saturated heterocycles. The van der Waals surface area contributed by atoms with Crippen LogP contribution in [0.4, 0.5) is 15.8 Å². The highest BCUT2D eigenvalue weighted by molar-refractivity contribution is 5.67. The second-order valence-corrected chi connectivity index (χ2v) is 4.75. The van der Waals surface area contributed by atoms with E-state index < -0.39 is 6.10 Å². The number of para-hydroxylation sites is 1. The molecule has 0 amide bonds. The molecular formula is C16H18FNO. The van der Waals surface area contributed by atoms with E-state index in [1.54, 1.807) is 31.0 Å². The average Bonchev–Trinajstić information content (AvgIpc) is 2.37. The number of aryl methyl sites for hydroxylation is 1. The first-order valence-corrected chi connectivity index (χ1v) is 6.27. The first-order chi connectivity index (χ1) is 9.00. The lowest BCUT2D eigenvalue weighted by Crippen LogP contribution is -2.14. The van der Waals surface area contributed by atoms with Gasteiger partial charge in [0.15, 0.2) is 0 Å². The van der Waals surface area contributed by atoms with E-state index in [2.05, 4.69) is 0 Å². The molecule has 0 aliphatic heterocycles. The average molecular weight is 259 g/mol. The largest absolute Gasteiger partial charge is 0.389 e. The van der Waals surface area contributed by atoms with Crippen molar-refractivity contribution >= 4 is 11.4 Å². The molecule has 0 unspecified atom stereocenters. The molecule has 2 aromatic carbocycles. The summed E-state index contributed by atoms with van der Waals surface area (Å²) in [5.74, 6) is -0.331. The van der Waals surface area contributed by atoms with Gasteiger partial charge < -0.3 is 10.0 Å². The number of hydrogen-bond acceptors (Lipinski definition) is 2. The van der Waals surface area contributed by atoms with E-state index in [1.807, 2.05) is 31.2 Å². The third kappa shape index (κ3) is 2.76. The van der Waals surface area contributed by atoms with Crippen LogP contribution in [0.25, 0.3) is 0 Å². The van der Waals surface area contributed by atoms with Crippen LogP contribution < -0.4 is 4.90 Å². The van der Waals surface area contributed by atoms with Crippen molar-refractivity contribution in [1.29, 1.82) is 0 Å². The van der Waals surface area contributed by atoms with Gasteiger partial charge in [-0.1, -0.05) is 24.3 Å². The quantitative estimate of drug-likeness (QED) is 0.902. The number of rotatable bonds is 3. The minimum absolute atomic E-state index is 0.331. The molecule has 0 spiro atoms. The Morgan fingerprint density at radius 2 is 1.84 bits per heavy atom. The van der Waals surface area contributed by atoms with Crippen LogP contribution in [0, 0.1) is 12.7 Å². The first-order valence-electron chi connectivity index (χ1n) is 6.27. The molecule has 2 aromatic rings. The van der Waals surface area contributed by atoms with Crippen LogP contribution in [0.2, 0.25) is 0 Å². The Bertz CT molecular complexity index is 581. The third-order valence-electron chi connectivity index (χ3n) is 3.19. The molecule has 0 aliphatic carbocycles. The Morgan fingerprint density at radius 3 is 2.47 bits per heavy atom. The van der Waals surface area contributed by atoms with Crippen molar-refractivity contribution < 1.29 is 9.50 Å². The maximum atomic E-state index is 14.1. The lowest BCUT2D eigenvalue weighted by atomic mass is 10.1. The Labute approximate surface area is 113 Å². The second kappa shape index (κ2) is 5.41. The fourth-order valence-corrected chi connectivity index (χ4v) is 2.19. The van der Waals surface area contributed by atoms with E-state index in [0.29, 0.717) is 11.3 Å². The van der Waals surface area contributed by atoms with Crippen molar-refractivity contribution in [1.82, 2.24) is 0 Å². The van der Waals surface area contributed by atoms with Gasteiger partial charge in [-0.15, -0.1) is 0 Å². The van der Waals surface area contributed by atoms with Crippen LogP contribution in [0.3, 0.4) is 0 Å². The van der Waals surface area contributed by atoms with Gasteiger partial charge in [-0.2, -0.15) is 0 Å². The van der Waals surface area contributed by atoms with E-state index in [9.17, 15) is 9.50 Å². The summed E-state index contributed by atoms with van der Waals surface area (Å²) in [5, 5.41) is 9.79. The van der Waals surface area contributed by atoms with Gasteiger partial charge in [0.25, 0.3) is 0 Å². The summed E-state index contributed by atoms with van der Waals surface area (Å²) in [5.41, 5.74) is 3.01. The van der Waals surface area contributed by atoms with Crippen LogP contribution in [0.5, 0.6) is 0 Å². The smallest absolute Gasteiger partial charge is 0.147 e. The van der Waals surface area contributed by atoms with Gasteiger partial charge >= 0.3 is 0 Å². The molecule has 1 N–H and O–H groups in total. The highest BCUT2D eigenvalue weighted by Crippen LogP contribution is 2.33. The number of hydrogen-bond donors (Lipinski definition) is 1. The maximum absolute atomic E-state index is 14.1. The molecule has 0 heterocycles. The van der Waals surface area contributed by atoms with E-state index in [4.69, 9.17) is 0 Å². The SMILES string of the molecule is Cc1cccc(N(C)c2c(F)cccc2[C@@H](C)O)c1. The predicted molar refractivity (Wildman–Crippen MR) is 76.3 cm³/mol. The summed E-state index contributed by atoms with van der Waals surface area (Å²) in [6, 6.07) is 12.6. The summed E-state index contributed by atoms with van der Waals surface area (Å²) in [4.78, 5) is 1.77. The summed E-state index contributed by atoms with van der Waals surface area (Å²) < 4.78 is 14.1. The van der Waals surface area contributed by atoms with Crippen molar-refractivity contribution in [2.45, 2.75) is 20.0 Å². The number of aliphatic hydroxyl groups excluding tert-OH is 1. The normalized spacial score (nSPS) is 12.3. The molecule has 0 bridgehead atoms. The topological polar surface area (TPSA) is 23.5 Å². The second-order valence-electron chi connectivity index (χ2n) is 4.75. The molecule has 0 aliphatic rings. The van der Waals surface area contributed by atoms with Crippen LogP contribution >= 0.6 is 0 Å². The molecule has 0 aromatic heterocycles. The van der Waals surface area contributed by atoms with Crippen LogP contribution in [0.15, 0.2) is 42.5 Å². The van der Waals surface area contributed by atoms with E-state index in [1.165, 1.54) is 6.07 Å². The summed E-state index contributed by atoms with van der Waals surface area (Å²) in [6.45, 7) is 3.64. The van der Waals surface area contributed by atoms with Gasteiger partial charge in [0.1, 0.15) is 5.82 Å². The van der Waals surface area contributed by atoms with Gasteiger partial charge in [0.2, 0.25) is 0 Å². The highest BCUT2D eigenvalue weighted by atomic mass is 19.1. The van der Waals surface area contributed by atoms with Crippen molar-refractivity contribution in [3.05, 3.63) is 59.4 Å². The Morgan fingerprint density at radius 1 is 1.16 bits per heavy atom. The standard InChI is InChI=1S/C16H18FNO/c1-11-6-4-7-13(10-11)18(3)16-14(12(2)19)8-5-9-15(16)17/h4-10,12,19H,1-3H3/t12-/m1/s1. The Hall–Kier alpha value is -1.87. The van der Waals surface area contributed by atoms with Crippen molar-refractivity contribution in [3.63, 3.8) is 0 Å². The van der Waals surface area contributed by atoms with Gasteiger partial charge in [-0.3, -0.25) is 0 Å². The fraction of sp³-hybridized carbons (Fsp3) is 0.250. The molecule has 2 rings (SSSR count). The molecular weight excluding hydrogens is 241 g/mol. The molecule has 1 atom stereocenters. The Balaban J connectivity index is 2.52. The van der Waals surface area contributed by atoms with Gasteiger partial charge in [-0.05, 0) is 37.6 Å². The molecule has 0 radical (unpaired) electrons. The van der Waals surface area contributed by atoms with E-state index in [-0.39, 0.29) is 5.82 Å². The lowest BCUT2D eigenvalue weighted by molar-refractivity contribution is 0.199. The van der Waals surface area contributed by atoms with Gasteiger partial charge in [-0.25, -0.2) is 4.39 Å². The van der Waals surface area contributed by atoms with Gasteiger partial charge in [0.05, 0.1) is 11.8 Å². The molecule has 3 heteroatoms. The predicted octanol–water partition coefficient (Wildman–Crippen LogP) is 3.96. The summed E-state index contributed by atoms with van der Waals surface area (Å²) in [6.07, 6.45) is -0.710. The molecule has 19 heavy (non-hydrogen) atoms. The number of aliphatic hydroxyl groups is 1. The van der Waals surface area contributed by atoms with Crippen LogP contribution in [-0.2, 0) is 0 Å². The minimum Gasteiger partial charge on any atom is -0.389 e. The zero-order valence-corrected chi connectivity index (χ0v) is 11.4. The molecule has 0 saturated carbocycles. The van der Waals surface area contributed by atoms with Crippen molar-refractivity contribution in [3.8, 4) is 0 Å². The monoisotopic (exact) mass is 259 g/mol. The molecule has 2 nitrogen and oxygen atoms in total. The zero-order chi connectivity index (χ0) is 14.0. The summed E-state index contributed by atoms with van der Waals surface area (Å²) in [7, 11) is 1.80.